The maximum atomic E-state index is 7.21. The molecule has 0 aromatic heterocycles. The van der Waals surface area contributed by atoms with E-state index in [-0.39, 0.29) is 0 Å². The van der Waals surface area contributed by atoms with Crippen molar-refractivity contribution in [2.75, 3.05) is 0 Å². The second-order valence-corrected chi connectivity index (χ2v) is 32.7. The molecule has 8 heteroatoms. The molecule has 0 N–H and O–H groups in total. The maximum absolute atomic E-state index is 7.21. The van der Waals surface area contributed by atoms with E-state index in [0.29, 0.717) is 0 Å². The van der Waals surface area contributed by atoms with E-state index in [4.69, 9.17) is 14.4 Å². The van der Waals surface area contributed by atoms with Crippen molar-refractivity contribution in [3.63, 3.8) is 0 Å². The average molecular weight is 667 g/mol. The van der Waals surface area contributed by atoms with Gasteiger partial charge in [-0.25, -0.2) is 0 Å². The van der Waals surface area contributed by atoms with Gasteiger partial charge >= 0.3 is 250 Å². The zero-order valence-corrected chi connectivity index (χ0v) is 30.8. The molecule has 0 aliphatic rings. The fourth-order valence-electron chi connectivity index (χ4n) is 5.04. The SMILES string of the molecule is C[Si](C)(C)N=P(C=P(c1ccccc1)(c1ccccc1)[N]([GeH][Cl])[Si](C)(C)C)(c1ccccc1)c1ccccc1. The van der Waals surface area contributed by atoms with E-state index in [9.17, 15) is 0 Å². The van der Waals surface area contributed by atoms with Crippen molar-refractivity contribution < 1.29 is 0 Å². The Bertz CT molecular complexity index is 1380. The Morgan fingerprint density at radius 2 is 0.923 bits per heavy atom. The molecule has 39 heavy (non-hydrogen) atoms. The predicted octanol–water partition coefficient (Wildman–Crippen LogP) is 7.66. The Morgan fingerprint density at radius 1 is 0.590 bits per heavy atom. The summed E-state index contributed by atoms with van der Waals surface area (Å²) in [4.78, 5) is 0. The van der Waals surface area contributed by atoms with Crippen LogP contribution in [0.2, 0.25) is 39.3 Å². The van der Waals surface area contributed by atoms with Crippen LogP contribution >= 0.6 is 24.1 Å². The monoisotopic (exact) mass is 667 g/mol. The Labute approximate surface area is 249 Å². The van der Waals surface area contributed by atoms with Crippen molar-refractivity contribution in [3.05, 3.63) is 121 Å². The van der Waals surface area contributed by atoms with Gasteiger partial charge in [-0.05, 0) is 0 Å². The summed E-state index contributed by atoms with van der Waals surface area (Å²) in [7, 11) is -1.22. The van der Waals surface area contributed by atoms with Gasteiger partial charge in [0.15, 0.2) is 0 Å². The zero-order chi connectivity index (χ0) is 28.2. The fourth-order valence-corrected chi connectivity index (χ4v) is 36.1. The molecule has 4 rings (SSSR count). The summed E-state index contributed by atoms with van der Waals surface area (Å²) in [5.41, 5.74) is 2.78. The summed E-state index contributed by atoms with van der Waals surface area (Å²) in [6.07, 6.45) is 0. The summed E-state index contributed by atoms with van der Waals surface area (Å²) in [6, 6.07) is 44.6. The summed E-state index contributed by atoms with van der Waals surface area (Å²) in [5, 5.41) is 5.39. The van der Waals surface area contributed by atoms with Crippen LogP contribution in [0.3, 0.4) is 0 Å². The Hall–Kier alpha value is -1.36. The molecular formula is C31H40ClGeN2P2Si2. The van der Waals surface area contributed by atoms with Gasteiger partial charge in [-0.2, -0.15) is 0 Å². The van der Waals surface area contributed by atoms with Crippen molar-refractivity contribution >= 4 is 82.1 Å². The van der Waals surface area contributed by atoms with Gasteiger partial charge in [0.25, 0.3) is 0 Å². The molecule has 0 atom stereocenters. The predicted molar refractivity (Wildman–Crippen MR) is 188 cm³/mol. The van der Waals surface area contributed by atoms with Crippen LogP contribution in [0.15, 0.2) is 126 Å². The summed E-state index contributed by atoms with van der Waals surface area (Å²) >= 11 is -1.26. The number of halogens is 1. The third-order valence-electron chi connectivity index (χ3n) is 6.51. The standard InChI is InChI=1S/C31H40ClGeN2P2Si2/c1-38(2,3)34-36(28-19-11-7-12-20-28,29-21-13-8-14-22-29)27-37(30-23-15-9-16-24-30,31-25-17-10-18-26-31)35(33-32)39(4,5)6/h7-27,33H,1-6H3. The van der Waals surface area contributed by atoms with Crippen LogP contribution in [0.25, 0.3) is 0 Å². The normalized spacial score (nSPS) is 12.8. The number of rotatable bonds is 9. The minimum absolute atomic E-state index is 1.26. The average Bonchev–Trinajstić information content (AvgIpc) is 2.93. The molecule has 0 unspecified atom stereocenters. The third-order valence-corrected chi connectivity index (χ3v) is 33.4. The minimum atomic E-state index is -2.35. The molecule has 4 aromatic carbocycles. The Kier molecular flexibility index (Phi) is 9.93. The second-order valence-electron chi connectivity index (χ2n) is 11.7. The third kappa shape index (κ3) is 6.76. The van der Waals surface area contributed by atoms with E-state index < -0.39 is 45.3 Å². The molecule has 2 nitrogen and oxygen atoms in total. The fraction of sp³-hybridized carbons (Fsp3) is 0.194. The van der Waals surface area contributed by atoms with Crippen LogP contribution in [0, 0.1) is 0 Å². The van der Waals surface area contributed by atoms with E-state index in [0.717, 1.165) is 0 Å². The van der Waals surface area contributed by atoms with Gasteiger partial charge in [-0.15, -0.1) is 0 Å². The molecule has 0 saturated heterocycles. The van der Waals surface area contributed by atoms with Crippen molar-refractivity contribution in [1.82, 2.24) is 3.29 Å². The van der Waals surface area contributed by atoms with Crippen LogP contribution < -0.4 is 21.2 Å². The van der Waals surface area contributed by atoms with Crippen LogP contribution in [0.5, 0.6) is 0 Å². The van der Waals surface area contributed by atoms with Crippen LogP contribution in [-0.4, -0.2) is 40.0 Å². The first-order valence-corrected chi connectivity index (χ1v) is 28.2. The van der Waals surface area contributed by atoms with Gasteiger partial charge in [-0.1, -0.05) is 0 Å². The van der Waals surface area contributed by atoms with E-state index in [1.165, 1.54) is 21.2 Å². The quantitative estimate of drug-likeness (QED) is 0.132. The topological polar surface area (TPSA) is 15.6 Å². The Morgan fingerprint density at radius 3 is 1.21 bits per heavy atom. The number of benzene rings is 4. The number of hydrogen-bond donors (Lipinski definition) is 0. The van der Waals surface area contributed by atoms with Gasteiger partial charge in [0.1, 0.15) is 0 Å². The summed E-state index contributed by atoms with van der Waals surface area (Å²) < 4.78 is 8.84. The van der Waals surface area contributed by atoms with Crippen LogP contribution in [0.4, 0.5) is 0 Å². The van der Waals surface area contributed by atoms with E-state index in [2.05, 4.69) is 169 Å². The summed E-state index contributed by atoms with van der Waals surface area (Å²) in [6.45, 7) is 14.5. The van der Waals surface area contributed by atoms with Crippen molar-refractivity contribution in [1.29, 1.82) is 0 Å². The molecule has 203 valence electrons. The van der Waals surface area contributed by atoms with Crippen molar-refractivity contribution in [2.45, 2.75) is 39.3 Å². The van der Waals surface area contributed by atoms with Gasteiger partial charge in [-0.3, -0.25) is 0 Å². The molecule has 0 aliphatic heterocycles. The van der Waals surface area contributed by atoms with Crippen molar-refractivity contribution in [3.8, 4) is 0 Å². The van der Waals surface area contributed by atoms with Crippen LogP contribution in [0.1, 0.15) is 0 Å². The first-order valence-electron chi connectivity index (χ1n) is 13.4. The molecule has 1 radical (unpaired) electrons. The molecule has 0 bridgehead atoms. The molecule has 0 amide bonds. The molecule has 0 aliphatic carbocycles. The van der Waals surface area contributed by atoms with Crippen LogP contribution in [-0.2, 0) is 0 Å². The molecule has 0 spiro atoms. The first kappa shape index (κ1) is 30.6. The van der Waals surface area contributed by atoms with E-state index in [1.807, 2.05) is 0 Å². The number of hydrogen-bond acceptors (Lipinski definition) is 2. The molecule has 4 aromatic rings. The first-order chi connectivity index (χ1) is 18.5. The van der Waals surface area contributed by atoms with Crippen molar-refractivity contribution in [2.24, 2.45) is 4.41 Å². The van der Waals surface area contributed by atoms with Gasteiger partial charge in [0.2, 0.25) is 0 Å². The number of nitrogens with zero attached hydrogens (tertiary/aromatic N) is 2. The second kappa shape index (κ2) is 12.7. The molecule has 0 fully saturated rings. The Balaban J connectivity index is 2.37. The van der Waals surface area contributed by atoms with E-state index in [1.54, 1.807) is 0 Å². The summed E-state index contributed by atoms with van der Waals surface area (Å²) in [5.74, 6) is 0. The van der Waals surface area contributed by atoms with Gasteiger partial charge in [0, 0.05) is 0 Å². The van der Waals surface area contributed by atoms with Gasteiger partial charge < -0.3 is 0 Å². The molecule has 0 heterocycles. The zero-order valence-electron chi connectivity index (χ0n) is 23.9. The van der Waals surface area contributed by atoms with E-state index >= 15 is 0 Å². The van der Waals surface area contributed by atoms with Gasteiger partial charge in [0.05, 0.1) is 0 Å². The molecule has 0 saturated carbocycles. The molecular weight excluding hydrogens is 627 g/mol.